The highest BCUT2D eigenvalue weighted by Crippen LogP contribution is 2.19. The van der Waals surface area contributed by atoms with Crippen molar-refractivity contribution >= 4 is 6.03 Å². The molecule has 2 aromatic rings. The predicted molar refractivity (Wildman–Crippen MR) is 80.5 cm³/mol. The number of pyridine rings is 1. The van der Waals surface area contributed by atoms with Crippen LogP contribution in [0.5, 0.6) is 0 Å². The molecule has 0 aliphatic rings. The van der Waals surface area contributed by atoms with Gasteiger partial charge in [-0.1, -0.05) is 6.07 Å². The second kappa shape index (κ2) is 7.78. The number of halogens is 3. The van der Waals surface area contributed by atoms with Gasteiger partial charge < -0.3 is 15.7 Å². The van der Waals surface area contributed by atoms with Crippen LogP contribution in [0.25, 0.3) is 0 Å². The van der Waals surface area contributed by atoms with Gasteiger partial charge in [-0.25, -0.2) is 18.0 Å². The van der Waals surface area contributed by atoms with Crippen LogP contribution >= 0.6 is 0 Å². The molecule has 8 heteroatoms. The minimum absolute atomic E-state index is 0.0824. The molecule has 1 aromatic carbocycles. The molecule has 128 valence electrons. The van der Waals surface area contributed by atoms with Crippen LogP contribution in [-0.2, 0) is 6.54 Å². The molecule has 0 saturated heterocycles. The lowest BCUT2D eigenvalue weighted by Gasteiger charge is -2.17. The molecule has 1 unspecified atom stereocenters. The number of carbonyl (C=O) groups excluding carboxylic acids is 1. The lowest BCUT2D eigenvalue weighted by molar-refractivity contribution is 0.216. The number of benzene rings is 1. The van der Waals surface area contributed by atoms with E-state index in [1.54, 1.807) is 18.3 Å². The summed E-state index contributed by atoms with van der Waals surface area (Å²) < 4.78 is 39.4. The van der Waals surface area contributed by atoms with Crippen molar-refractivity contribution in [3.8, 4) is 0 Å². The van der Waals surface area contributed by atoms with Gasteiger partial charge in [0, 0.05) is 18.4 Å². The van der Waals surface area contributed by atoms with E-state index in [-0.39, 0.29) is 12.1 Å². The number of aromatic nitrogens is 1. The zero-order valence-electron chi connectivity index (χ0n) is 12.8. The molecule has 0 bridgehead atoms. The number of nitrogens with zero attached hydrogens (tertiary/aromatic N) is 1. The van der Waals surface area contributed by atoms with Gasteiger partial charge in [-0.3, -0.25) is 4.98 Å². The van der Waals surface area contributed by atoms with Crippen LogP contribution < -0.4 is 10.6 Å². The second-order valence-electron chi connectivity index (χ2n) is 5.17. The fourth-order valence-corrected chi connectivity index (χ4v) is 2.01. The van der Waals surface area contributed by atoms with E-state index in [4.69, 9.17) is 0 Å². The maximum absolute atomic E-state index is 13.2. The molecular weight excluding hydrogens is 323 g/mol. The minimum Gasteiger partial charge on any atom is -0.394 e. The highest BCUT2D eigenvalue weighted by molar-refractivity contribution is 5.74. The highest BCUT2D eigenvalue weighted by atomic mass is 19.2. The number of amides is 2. The fourth-order valence-electron chi connectivity index (χ4n) is 2.01. The zero-order valence-corrected chi connectivity index (χ0v) is 12.8. The van der Waals surface area contributed by atoms with Crippen LogP contribution in [0.3, 0.4) is 0 Å². The van der Waals surface area contributed by atoms with E-state index in [0.717, 1.165) is 23.4 Å². The Morgan fingerprint density at radius 2 is 1.92 bits per heavy atom. The monoisotopic (exact) mass is 339 g/mol. The van der Waals surface area contributed by atoms with Gasteiger partial charge in [0.05, 0.1) is 12.6 Å². The maximum Gasteiger partial charge on any atom is 0.315 e. The predicted octanol–water partition coefficient (Wildman–Crippen LogP) is 2.34. The number of aliphatic hydroxyl groups is 1. The molecule has 0 aliphatic carbocycles. The van der Waals surface area contributed by atoms with Crippen molar-refractivity contribution in [3.63, 3.8) is 0 Å². The smallest absolute Gasteiger partial charge is 0.315 e. The minimum atomic E-state index is -1.60. The molecule has 0 spiro atoms. The van der Waals surface area contributed by atoms with Crippen LogP contribution in [0.1, 0.15) is 22.9 Å². The van der Waals surface area contributed by atoms with Gasteiger partial charge in [-0.15, -0.1) is 0 Å². The molecule has 1 aromatic heterocycles. The van der Waals surface area contributed by atoms with E-state index >= 15 is 0 Å². The third-order valence-corrected chi connectivity index (χ3v) is 3.32. The first-order chi connectivity index (χ1) is 11.4. The number of aryl methyl sites for hydroxylation is 1. The first-order valence-electron chi connectivity index (χ1n) is 7.12. The van der Waals surface area contributed by atoms with E-state index in [9.17, 15) is 23.1 Å². The summed E-state index contributed by atoms with van der Waals surface area (Å²) in [5, 5.41) is 14.2. The third kappa shape index (κ3) is 4.45. The van der Waals surface area contributed by atoms with E-state index in [1.165, 1.54) is 0 Å². The van der Waals surface area contributed by atoms with Crippen LogP contribution in [0.15, 0.2) is 30.5 Å². The largest absolute Gasteiger partial charge is 0.394 e. The molecule has 1 atom stereocenters. The Bertz CT molecular complexity index is 700. The lowest BCUT2D eigenvalue weighted by atomic mass is 10.1. The molecule has 2 rings (SSSR count). The van der Waals surface area contributed by atoms with Crippen LogP contribution in [-0.4, -0.2) is 22.7 Å². The van der Waals surface area contributed by atoms with E-state index in [1.807, 2.05) is 6.92 Å². The van der Waals surface area contributed by atoms with Crippen LogP contribution in [0.2, 0.25) is 0 Å². The molecule has 24 heavy (non-hydrogen) atoms. The maximum atomic E-state index is 13.2. The summed E-state index contributed by atoms with van der Waals surface area (Å²) in [5.41, 5.74) is 1.51. The summed E-state index contributed by atoms with van der Waals surface area (Å²) in [5.74, 6) is -4.39. The summed E-state index contributed by atoms with van der Waals surface area (Å²) in [6.07, 6.45) is 1.60. The molecule has 3 N–H and O–H groups in total. The number of aliphatic hydroxyl groups excluding tert-OH is 1. The average molecular weight is 339 g/mol. The SMILES string of the molecule is Cc1ccc(CNC(=O)NC(CO)c2cc(F)c(F)c(F)c2)cn1. The van der Waals surface area contributed by atoms with E-state index in [0.29, 0.717) is 0 Å². The molecule has 5 nitrogen and oxygen atoms in total. The van der Waals surface area contributed by atoms with Crippen molar-refractivity contribution in [3.05, 3.63) is 64.7 Å². The summed E-state index contributed by atoms with van der Waals surface area (Å²) in [6.45, 7) is 1.41. The standard InChI is InChI=1S/C16H16F3N3O2/c1-9-2-3-10(6-20-9)7-21-16(24)22-14(8-23)11-4-12(17)15(19)13(18)5-11/h2-6,14,23H,7-8H2,1H3,(H2,21,22,24). The van der Waals surface area contributed by atoms with Gasteiger partial charge in [0.2, 0.25) is 0 Å². The number of rotatable bonds is 5. The van der Waals surface area contributed by atoms with Crippen molar-refractivity contribution in [2.45, 2.75) is 19.5 Å². The van der Waals surface area contributed by atoms with Crippen LogP contribution in [0.4, 0.5) is 18.0 Å². The molecule has 0 saturated carbocycles. The van der Waals surface area contributed by atoms with Gasteiger partial charge in [0.15, 0.2) is 17.5 Å². The zero-order chi connectivity index (χ0) is 17.7. The molecular formula is C16H16F3N3O2. The van der Waals surface area contributed by atoms with Crippen molar-refractivity contribution in [1.82, 2.24) is 15.6 Å². The Hall–Kier alpha value is -2.61. The topological polar surface area (TPSA) is 74.2 Å². The number of nitrogens with one attached hydrogen (secondary N) is 2. The Morgan fingerprint density at radius 1 is 1.25 bits per heavy atom. The number of urea groups is 1. The van der Waals surface area contributed by atoms with Crippen molar-refractivity contribution in [2.75, 3.05) is 6.61 Å². The summed E-state index contributed by atoms with van der Waals surface area (Å²) >= 11 is 0. The summed E-state index contributed by atoms with van der Waals surface area (Å²) in [4.78, 5) is 15.9. The molecule has 0 radical (unpaired) electrons. The van der Waals surface area contributed by atoms with Gasteiger partial charge in [-0.05, 0) is 36.2 Å². The second-order valence-corrected chi connectivity index (χ2v) is 5.17. The molecule has 1 heterocycles. The van der Waals surface area contributed by atoms with Crippen molar-refractivity contribution < 1.29 is 23.1 Å². The Labute approximate surface area is 136 Å². The van der Waals surface area contributed by atoms with Gasteiger partial charge in [0.1, 0.15) is 0 Å². The van der Waals surface area contributed by atoms with E-state index < -0.39 is 36.1 Å². The first kappa shape index (κ1) is 17.7. The van der Waals surface area contributed by atoms with Crippen molar-refractivity contribution in [2.24, 2.45) is 0 Å². The number of hydrogen-bond donors (Lipinski definition) is 3. The first-order valence-corrected chi connectivity index (χ1v) is 7.12. The quantitative estimate of drug-likeness (QED) is 0.732. The molecule has 2 amide bonds. The average Bonchev–Trinajstić information content (AvgIpc) is 2.56. The van der Waals surface area contributed by atoms with Gasteiger partial charge >= 0.3 is 6.03 Å². The Morgan fingerprint density at radius 3 is 2.46 bits per heavy atom. The number of carbonyl (C=O) groups is 1. The van der Waals surface area contributed by atoms with E-state index in [2.05, 4.69) is 15.6 Å². The highest BCUT2D eigenvalue weighted by Gasteiger charge is 2.18. The third-order valence-electron chi connectivity index (χ3n) is 3.32. The Kier molecular flexibility index (Phi) is 5.75. The van der Waals surface area contributed by atoms with Crippen LogP contribution in [0, 0.1) is 24.4 Å². The van der Waals surface area contributed by atoms with Gasteiger partial charge in [0.25, 0.3) is 0 Å². The van der Waals surface area contributed by atoms with Crippen molar-refractivity contribution in [1.29, 1.82) is 0 Å². The van der Waals surface area contributed by atoms with Gasteiger partial charge in [-0.2, -0.15) is 0 Å². The Balaban J connectivity index is 1.99. The molecule has 0 aliphatic heterocycles. The molecule has 0 fully saturated rings. The summed E-state index contributed by atoms with van der Waals surface area (Å²) in [7, 11) is 0. The lowest BCUT2D eigenvalue weighted by Crippen LogP contribution is -2.39. The number of hydrogen-bond acceptors (Lipinski definition) is 3. The summed E-state index contributed by atoms with van der Waals surface area (Å²) in [6, 6.07) is 3.30. The normalized spacial score (nSPS) is 11.9. The fraction of sp³-hybridized carbons (Fsp3) is 0.250.